The molecule has 1 aromatic carbocycles. The summed E-state index contributed by atoms with van der Waals surface area (Å²) in [6, 6.07) is 5.79. The molecule has 4 atom stereocenters. The summed E-state index contributed by atoms with van der Waals surface area (Å²) < 4.78 is 11.1. The summed E-state index contributed by atoms with van der Waals surface area (Å²) in [5.41, 5.74) is 3.08. The van der Waals surface area contributed by atoms with Crippen LogP contribution in [0.25, 0.3) is 0 Å². The molecular weight excluding hydrogens is 248 g/mol. The van der Waals surface area contributed by atoms with Gasteiger partial charge in [0.2, 0.25) is 0 Å². The lowest BCUT2D eigenvalue weighted by Crippen LogP contribution is -2.50. The molecule has 0 bridgehead atoms. The van der Waals surface area contributed by atoms with Crippen molar-refractivity contribution in [2.75, 3.05) is 13.2 Å². The first-order valence-electron chi connectivity index (χ1n) is 6.34. The van der Waals surface area contributed by atoms with Crippen LogP contribution in [0.2, 0.25) is 0 Å². The fraction of sp³-hybridized carbons (Fsp3) is 0.571. The van der Waals surface area contributed by atoms with Gasteiger partial charge in [0.25, 0.3) is 0 Å². The van der Waals surface area contributed by atoms with Crippen LogP contribution in [0.15, 0.2) is 18.2 Å². The Bertz CT molecular complexity index is 420. The third kappa shape index (κ3) is 2.96. The van der Waals surface area contributed by atoms with E-state index >= 15 is 0 Å². The van der Waals surface area contributed by atoms with Crippen LogP contribution in [0, 0.1) is 13.8 Å². The van der Waals surface area contributed by atoms with Crippen LogP contribution in [0.4, 0.5) is 0 Å². The van der Waals surface area contributed by atoms with Crippen molar-refractivity contribution in [1.29, 1.82) is 0 Å². The highest BCUT2D eigenvalue weighted by molar-refractivity contribution is 5.30. The van der Waals surface area contributed by atoms with Crippen molar-refractivity contribution < 1.29 is 24.8 Å². The third-order valence-electron chi connectivity index (χ3n) is 3.52. The van der Waals surface area contributed by atoms with Crippen molar-refractivity contribution in [3.05, 3.63) is 34.9 Å². The summed E-state index contributed by atoms with van der Waals surface area (Å²) in [5.74, 6) is 0. The minimum absolute atomic E-state index is 0.317. The van der Waals surface area contributed by atoms with Crippen LogP contribution in [0.5, 0.6) is 0 Å². The Morgan fingerprint density at radius 2 is 1.58 bits per heavy atom. The molecule has 1 unspecified atom stereocenters. The van der Waals surface area contributed by atoms with Gasteiger partial charge in [-0.15, -0.1) is 0 Å². The first kappa shape index (κ1) is 14.4. The molecule has 0 amide bonds. The monoisotopic (exact) mass is 268 g/mol. The van der Waals surface area contributed by atoms with Crippen LogP contribution in [-0.2, 0) is 9.47 Å². The fourth-order valence-corrected chi connectivity index (χ4v) is 2.12. The summed E-state index contributed by atoms with van der Waals surface area (Å²) in [4.78, 5) is 0. The first-order valence-corrected chi connectivity index (χ1v) is 6.34. The van der Waals surface area contributed by atoms with Gasteiger partial charge in [-0.3, -0.25) is 0 Å². The molecule has 0 aromatic heterocycles. The molecule has 1 aliphatic heterocycles. The van der Waals surface area contributed by atoms with Gasteiger partial charge in [-0.05, 0) is 25.0 Å². The van der Waals surface area contributed by atoms with Crippen molar-refractivity contribution in [2.24, 2.45) is 0 Å². The molecule has 5 heteroatoms. The molecule has 5 nitrogen and oxygen atoms in total. The van der Waals surface area contributed by atoms with Crippen LogP contribution in [0.3, 0.4) is 0 Å². The average molecular weight is 268 g/mol. The Labute approximate surface area is 112 Å². The Kier molecular flexibility index (Phi) is 4.54. The molecule has 1 aromatic rings. The Hall–Kier alpha value is -0.980. The minimum Gasteiger partial charge on any atom is -0.394 e. The van der Waals surface area contributed by atoms with E-state index in [-0.39, 0.29) is 13.2 Å². The minimum atomic E-state index is -1.03. The smallest absolute Gasteiger partial charge is 0.184 e. The highest BCUT2D eigenvalue weighted by Gasteiger charge is 2.38. The predicted octanol–water partition coefficient (Wildman–Crippen LogP) is 0.432. The summed E-state index contributed by atoms with van der Waals surface area (Å²) in [6.07, 6.45) is -3.22. The SMILES string of the molecule is Cc1ccc(C2O[C@@H](CO)[C@@H](O)[C@@H](CO)O2)cc1C. The molecule has 1 fully saturated rings. The van der Waals surface area contributed by atoms with E-state index in [9.17, 15) is 15.3 Å². The lowest BCUT2D eigenvalue weighted by Gasteiger charge is -2.38. The summed E-state index contributed by atoms with van der Waals surface area (Å²) in [6.45, 7) is 3.37. The second-order valence-electron chi connectivity index (χ2n) is 4.88. The second-order valence-corrected chi connectivity index (χ2v) is 4.88. The molecule has 106 valence electrons. The number of aliphatic hydroxyl groups excluding tert-OH is 3. The van der Waals surface area contributed by atoms with Crippen LogP contribution < -0.4 is 0 Å². The maximum atomic E-state index is 9.82. The average Bonchev–Trinajstić information content (AvgIpc) is 2.42. The van der Waals surface area contributed by atoms with Crippen LogP contribution in [-0.4, -0.2) is 46.8 Å². The maximum absolute atomic E-state index is 9.82. The zero-order valence-electron chi connectivity index (χ0n) is 11.1. The number of aryl methyl sites for hydroxylation is 2. The standard InChI is InChI=1S/C14H20O5/c1-8-3-4-10(5-9(8)2)14-18-11(6-15)13(17)12(7-16)19-14/h3-5,11-17H,6-7H2,1-2H3/t11-,12+,13+,14?. The van der Waals surface area contributed by atoms with Gasteiger partial charge in [-0.1, -0.05) is 18.2 Å². The van der Waals surface area contributed by atoms with E-state index in [2.05, 4.69) is 0 Å². The predicted molar refractivity (Wildman–Crippen MR) is 68.6 cm³/mol. The largest absolute Gasteiger partial charge is 0.394 e. The van der Waals surface area contributed by atoms with Gasteiger partial charge in [0.05, 0.1) is 13.2 Å². The van der Waals surface area contributed by atoms with Gasteiger partial charge in [0.15, 0.2) is 6.29 Å². The quantitative estimate of drug-likeness (QED) is 0.741. The molecule has 1 heterocycles. The maximum Gasteiger partial charge on any atom is 0.184 e. The highest BCUT2D eigenvalue weighted by Crippen LogP contribution is 2.30. The number of rotatable bonds is 3. The zero-order chi connectivity index (χ0) is 14.0. The number of aliphatic hydroxyl groups is 3. The van der Waals surface area contributed by atoms with Gasteiger partial charge < -0.3 is 24.8 Å². The van der Waals surface area contributed by atoms with Crippen LogP contribution in [0.1, 0.15) is 23.0 Å². The number of hydrogen-bond donors (Lipinski definition) is 3. The molecule has 0 saturated carbocycles. The van der Waals surface area contributed by atoms with Gasteiger partial charge >= 0.3 is 0 Å². The van der Waals surface area contributed by atoms with E-state index in [4.69, 9.17) is 9.47 Å². The van der Waals surface area contributed by atoms with Crippen molar-refractivity contribution in [1.82, 2.24) is 0 Å². The van der Waals surface area contributed by atoms with E-state index in [0.717, 1.165) is 16.7 Å². The van der Waals surface area contributed by atoms with E-state index in [1.807, 2.05) is 32.0 Å². The van der Waals surface area contributed by atoms with Gasteiger partial charge in [-0.2, -0.15) is 0 Å². The van der Waals surface area contributed by atoms with Crippen molar-refractivity contribution in [3.63, 3.8) is 0 Å². The Balaban J connectivity index is 2.21. The Morgan fingerprint density at radius 3 is 2.05 bits per heavy atom. The van der Waals surface area contributed by atoms with E-state index in [1.54, 1.807) is 0 Å². The number of hydrogen-bond acceptors (Lipinski definition) is 5. The molecule has 0 radical (unpaired) electrons. The van der Waals surface area contributed by atoms with E-state index < -0.39 is 24.6 Å². The van der Waals surface area contributed by atoms with Gasteiger partial charge in [-0.25, -0.2) is 0 Å². The summed E-state index contributed by atoms with van der Waals surface area (Å²) in [7, 11) is 0. The fourth-order valence-electron chi connectivity index (χ4n) is 2.12. The highest BCUT2D eigenvalue weighted by atomic mass is 16.7. The zero-order valence-corrected chi connectivity index (χ0v) is 11.1. The lowest BCUT2D eigenvalue weighted by molar-refractivity contribution is -0.298. The van der Waals surface area contributed by atoms with E-state index in [0.29, 0.717) is 0 Å². The lowest BCUT2D eigenvalue weighted by atomic mass is 10.0. The van der Waals surface area contributed by atoms with Gasteiger partial charge in [0, 0.05) is 5.56 Å². The van der Waals surface area contributed by atoms with Gasteiger partial charge in [0.1, 0.15) is 18.3 Å². The summed E-state index contributed by atoms with van der Waals surface area (Å²) >= 11 is 0. The molecule has 19 heavy (non-hydrogen) atoms. The molecule has 2 rings (SSSR count). The Morgan fingerprint density at radius 1 is 1.00 bits per heavy atom. The molecule has 0 spiro atoms. The van der Waals surface area contributed by atoms with Crippen molar-refractivity contribution >= 4 is 0 Å². The third-order valence-corrected chi connectivity index (χ3v) is 3.52. The first-order chi connectivity index (χ1) is 9.06. The normalized spacial score (nSPS) is 31.4. The van der Waals surface area contributed by atoms with Crippen molar-refractivity contribution in [3.8, 4) is 0 Å². The molecule has 1 saturated heterocycles. The molecule has 1 aliphatic rings. The van der Waals surface area contributed by atoms with Crippen LogP contribution >= 0.6 is 0 Å². The number of ether oxygens (including phenoxy) is 2. The second kappa shape index (κ2) is 5.98. The topological polar surface area (TPSA) is 79.2 Å². The number of benzene rings is 1. The molecule has 3 N–H and O–H groups in total. The van der Waals surface area contributed by atoms with Crippen molar-refractivity contribution in [2.45, 2.75) is 38.4 Å². The molecular formula is C14H20O5. The summed E-state index contributed by atoms with van der Waals surface area (Å²) in [5, 5.41) is 28.3. The molecule has 0 aliphatic carbocycles. The van der Waals surface area contributed by atoms with E-state index in [1.165, 1.54) is 0 Å².